The third-order valence-electron chi connectivity index (χ3n) is 4.46. The molecule has 2 aliphatic heterocycles. The largest absolute Gasteiger partial charge is 0.441 e. The number of nitrogens with zero attached hydrogens (tertiary/aromatic N) is 3. The Bertz CT molecular complexity index is 899. The van der Waals surface area contributed by atoms with Gasteiger partial charge < -0.3 is 14.5 Å². The number of thioether (sulfide) groups is 1. The normalized spacial score (nSPS) is 21.4. The third-order valence-corrected chi connectivity index (χ3v) is 5.41. The summed E-state index contributed by atoms with van der Waals surface area (Å²) in [4.78, 5) is 24.0. The summed E-state index contributed by atoms with van der Waals surface area (Å²) in [5.41, 5.74) is 2.45. The highest BCUT2D eigenvalue weighted by Gasteiger charge is 2.23. The minimum atomic E-state index is -0.110. The minimum absolute atomic E-state index is 0.110. The highest BCUT2D eigenvalue weighted by Crippen LogP contribution is 2.27. The SMILES string of the molecule is Cc1nc2ccc(/C=C3\S/C(=N/CCCN4CCOCC4)NC3=O)cc2o1. The summed E-state index contributed by atoms with van der Waals surface area (Å²) < 4.78 is 10.9. The lowest BCUT2D eigenvalue weighted by atomic mass is 10.2. The van der Waals surface area contributed by atoms with Crippen LogP contribution in [0, 0.1) is 6.92 Å². The molecule has 2 aromatic rings. The third kappa shape index (κ3) is 4.58. The van der Waals surface area contributed by atoms with Gasteiger partial charge in [-0.15, -0.1) is 0 Å². The van der Waals surface area contributed by atoms with Gasteiger partial charge in [-0.3, -0.25) is 14.7 Å². The van der Waals surface area contributed by atoms with Crippen molar-refractivity contribution in [3.8, 4) is 0 Å². The molecule has 2 aliphatic rings. The lowest BCUT2D eigenvalue weighted by molar-refractivity contribution is -0.115. The number of amides is 1. The smallest absolute Gasteiger partial charge is 0.264 e. The molecule has 0 radical (unpaired) electrons. The number of nitrogens with one attached hydrogen (secondary N) is 1. The number of carbonyl (C=O) groups excluding carboxylic acids is 1. The number of rotatable bonds is 5. The van der Waals surface area contributed by atoms with Crippen molar-refractivity contribution < 1.29 is 13.9 Å². The van der Waals surface area contributed by atoms with Crippen LogP contribution in [-0.4, -0.2) is 60.4 Å². The van der Waals surface area contributed by atoms with Crippen LogP contribution < -0.4 is 5.32 Å². The molecule has 0 spiro atoms. The highest BCUT2D eigenvalue weighted by molar-refractivity contribution is 8.18. The second kappa shape index (κ2) is 8.24. The summed E-state index contributed by atoms with van der Waals surface area (Å²) in [7, 11) is 0. The molecule has 0 unspecified atom stereocenters. The van der Waals surface area contributed by atoms with Crippen molar-refractivity contribution in [2.75, 3.05) is 39.4 Å². The van der Waals surface area contributed by atoms with Crippen molar-refractivity contribution >= 4 is 40.0 Å². The number of fused-ring (bicyclic) bond motifs is 1. The zero-order chi connectivity index (χ0) is 18.6. The molecule has 27 heavy (non-hydrogen) atoms. The molecular formula is C19H22N4O3S. The summed E-state index contributed by atoms with van der Waals surface area (Å²) in [6, 6.07) is 5.73. The molecule has 1 amide bonds. The molecule has 0 atom stereocenters. The average molecular weight is 386 g/mol. The topological polar surface area (TPSA) is 80.0 Å². The molecule has 2 fully saturated rings. The first-order chi connectivity index (χ1) is 13.2. The molecule has 3 heterocycles. The average Bonchev–Trinajstić information content (AvgIpc) is 3.21. The summed E-state index contributed by atoms with van der Waals surface area (Å²) >= 11 is 1.38. The van der Waals surface area contributed by atoms with Gasteiger partial charge in [0, 0.05) is 33.1 Å². The van der Waals surface area contributed by atoms with Gasteiger partial charge in [-0.2, -0.15) is 0 Å². The molecule has 0 saturated carbocycles. The van der Waals surface area contributed by atoms with E-state index in [0.29, 0.717) is 22.5 Å². The maximum absolute atomic E-state index is 12.2. The van der Waals surface area contributed by atoms with Gasteiger partial charge in [-0.1, -0.05) is 6.07 Å². The first-order valence-corrected chi connectivity index (χ1v) is 9.92. The van der Waals surface area contributed by atoms with E-state index in [-0.39, 0.29) is 5.91 Å². The van der Waals surface area contributed by atoms with E-state index in [9.17, 15) is 4.79 Å². The Morgan fingerprint density at radius 1 is 1.37 bits per heavy atom. The molecule has 1 aromatic carbocycles. The predicted octanol–water partition coefficient (Wildman–Crippen LogP) is 2.42. The van der Waals surface area contributed by atoms with E-state index in [4.69, 9.17) is 9.15 Å². The maximum Gasteiger partial charge on any atom is 0.264 e. The van der Waals surface area contributed by atoms with Crippen molar-refractivity contribution in [2.24, 2.45) is 4.99 Å². The van der Waals surface area contributed by atoms with Gasteiger partial charge in [0.05, 0.1) is 18.1 Å². The first kappa shape index (κ1) is 18.2. The second-order valence-corrected chi connectivity index (χ2v) is 7.55. The predicted molar refractivity (Wildman–Crippen MR) is 107 cm³/mol. The summed E-state index contributed by atoms with van der Waals surface area (Å²) in [5.74, 6) is 0.523. The second-order valence-electron chi connectivity index (χ2n) is 6.52. The molecule has 1 aromatic heterocycles. The molecule has 2 saturated heterocycles. The number of aliphatic imine (C=N–C) groups is 1. The van der Waals surface area contributed by atoms with Crippen molar-refractivity contribution in [2.45, 2.75) is 13.3 Å². The molecule has 1 N–H and O–H groups in total. The van der Waals surface area contributed by atoms with Crippen molar-refractivity contribution in [1.82, 2.24) is 15.2 Å². The number of benzene rings is 1. The Morgan fingerprint density at radius 3 is 3.07 bits per heavy atom. The fourth-order valence-electron chi connectivity index (χ4n) is 3.10. The number of amidine groups is 1. The number of hydrogen-bond donors (Lipinski definition) is 1. The maximum atomic E-state index is 12.2. The van der Waals surface area contributed by atoms with E-state index >= 15 is 0 Å². The molecular weight excluding hydrogens is 364 g/mol. The Labute approximate surface area is 161 Å². The Hall–Kier alpha value is -2.16. The number of hydrogen-bond acceptors (Lipinski definition) is 7. The van der Waals surface area contributed by atoms with Crippen LogP contribution in [-0.2, 0) is 9.53 Å². The highest BCUT2D eigenvalue weighted by atomic mass is 32.2. The van der Waals surface area contributed by atoms with Crippen LogP contribution in [0.4, 0.5) is 0 Å². The van der Waals surface area contributed by atoms with Gasteiger partial charge in [0.1, 0.15) is 5.52 Å². The van der Waals surface area contributed by atoms with Crippen molar-refractivity contribution in [3.63, 3.8) is 0 Å². The van der Waals surface area contributed by atoms with Gasteiger partial charge in [0.15, 0.2) is 16.6 Å². The van der Waals surface area contributed by atoms with E-state index < -0.39 is 0 Å². The summed E-state index contributed by atoms with van der Waals surface area (Å²) in [6.07, 6.45) is 2.83. The van der Waals surface area contributed by atoms with Gasteiger partial charge in [0.2, 0.25) is 0 Å². The fourth-order valence-corrected chi connectivity index (χ4v) is 3.95. The van der Waals surface area contributed by atoms with E-state index in [1.165, 1.54) is 11.8 Å². The fraction of sp³-hybridized carbons (Fsp3) is 0.421. The molecule has 142 valence electrons. The molecule has 4 rings (SSSR count). The lowest BCUT2D eigenvalue weighted by Crippen LogP contribution is -2.37. The number of carbonyl (C=O) groups is 1. The van der Waals surface area contributed by atoms with Gasteiger partial charge in [0.25, 0.3) is 5.91 Å². The standard InChI is InChI=1S/C19H22N4O3S/c1-13-21-15-4-3-14(11-16(15)26-13)12-17-18(24)22-19(27-17)20-5-2-6-23-7-9-25-10-8-23/h3-4,11-12H,2,5-10H2,1H3,(H,20,22,24)/b17-12-. The quantitative estimate of drug-likeness (QED) is 0.628. The molecule has 8 heteroatoms. The summed E-state index contributed by atoms with van der Waals surface area (Å²) in [6.45, 7) is 7.14. The number of oxazole rings is 1. The van der Waals surface area contributed by atoms with Crippen LogP contribution in [0.15, 0.2) is 32.5 Å². The molecule has 0 bridgehead atoms. The lowest BCUT2D eigenvalue weighted by Gasteiger charge is -2.26. The zero-order valence-electron chi connectivity index (χ0n) is 15.2. The van der Waals surface area contributed by atoms with Crippen molar-refractivity contribution in [3.05, 3.63) is 34.6 Å². The van der Waals surface area contributed by atoms with E-state index in [1.807, 2.05) is 31.2 Å². The summed E-state index contributed by atoms with van der Waals surface area (Å²) in [5, 5.41) is 3.51. The van der Waals surface area contributed by atoms with Crippen LogP contribution in [0.2, 0.25) is 0 Å². The Balaban J connectivity index is 1.35. The van der Waals surface area contributed by atoms with Crippen LogP contribution in [0.3, 0.4) is 0 Å². The van der Waals surface area contributed by atoms with Crippen LogP contribution in [0.1, 0.15) is 17.9 Å². The Morgan fingerprint density at radius 2 is 2.22 bits per heavy atom. The molecule has 0 aliphatic carbocycles. The van der Waals surface area contributed by atoms with E-state index in [2.05, 4.69) is 20.2 Å². The monoisotopic (exact) mass is 386 g/mol. The van der Waals surface area contributed by atoms with Crippen LogP contribution >= 0.6 is 11.8 Å². The number of ether oxygens (including phenoxy) is 1. The zero-order valence-corrected chi connectivity index (χ0v) is 16.1. The molecule has 7 nitrogen and oxygen atoms in total. The van der Waals surface area contributed by atoms with Crippen LogP contribution in [0.5, 0.6) is 0 Å². The number of aryl methyl sites for hydroxylation is 1. The van der Waals surface area contributed by atoms with Crippen LogP contribution in [0.25, 0.3) is 17.2 Å². The van der Waals surface area contributed by atoms with Crippen molar-refractivity contribution in [1.29, 1.82) is 0 Å². The Kier molecular flexibility index (Phi) is 5.56. The van der Waals surface area contributed by atoms with Gasteiger partial charge in [-0.25, -0.2) is 4.98 Å². The van der Waals surface area contributed by atoms with Gasteiger partial charge in [-0.05, 0) is 42.0 Å². The first-order valence-electron chi connectivity index (χ1n) is 9.10. The number of aromatic nitrogens is 1. The minimum Gasteiger partial charge on any atom is -0.441 e. The number of morpholine rings is 1. The van der Waals surface area contributed by atoms with Gasteiger partial charge >= 0.3 is 0 Å². The van der Waals surface area contributed by atoms with E-state index in [0.717, 1.165) is 55.9 Å². The van der Waals surface area contributed by atoms with E-state index in [1.54, 1.807) is 0 Å².